The van der Waals surface area contributed by atoms with Crippen LogP contribution in [0.1, 0.15) is 98.3 Å². The number of aromatic nitrogens is 1. The van der Waals surface area contributed by atoms with Gasteiger partial charge in [0.15, 0.2) is 12.1 Å². The Morgan fingerprint density at radius 3 is 2.32 bits per heavy atom. The van der Waals surface area contributed by atoms with E-state index in [4.69, 9.17) is 9.72 Å². The standard InChI is InChI=1S/C48H55N4O/c1-46(2,3)32-15-14-16-35(25-32)50-31-51(43-20-13-12-19-42(43)50)36-26-34(48(7,8)9)27-38(29-36)53-37-21-22-40-39-17-10-11-18-41(39)52(44(40)30-37)45-28-33(23-24-49-45)47(4,5)6/h10,12-17,19-29,31,42-44H,11,18,30H2,1-9H3/q+1. The van der Waals surface area contributed by atoms with E-state index in [0.29, 0.717) is 0 Å². The van der Waals surface area contributed by atoms with Crippen LogP contribution >= 0.6 is 0 Å². The maximum atomic E-state index is 6.96. The van der Waals surface area contributed by atoms with Crippen LogP contribution in [0.2, 0.25) is 0 Å². The van der Waals surface area contributed by atoms with Gasteiger partial charge in [-0.2, -0.15) is 0 Å². The second kappa shape index (κ2) is 12.9. The van der Waals surface area contributed by atoms with Gasteiger partial charge in [0, 0.05) is 24.4 Å². The van der Waals surface area contributed by atoms with E-state index in [1.807, 2.05) is 6.20 Å². The topological polar surface area (TPSA) is 31.6 Å². The van der Waals surface area contributed by atoms with E-state index in [1.165, 1.54) is 39.2 Å². The monoisotopic (exact) mass is 703 g/mol. The molecule has 53 heavy (non-hydrogen) atoms. The molecule has 0 N–H and O–H groups in total. The van der Waals surface area contributed by atoms with Gasteiger partial charge in [0.2, 0.25) is 6.34 Å². The van der Waals surface area contributed by atoms with Crippen molar-refractivity contribution in [3.05, 3.63) is 149 Å². The zero-order chi connectivity index (χ0) is 37.3. The lowest BCUT2D eigenvalue weighted by Crippen LogP contribution is -2.36. The number of anilines is 2. The van der Waals surface area contributed by atoms with Gasteiger partial charge in [0.1, 0.15) is 28.7 Å². The van der Waals surface area contributed by atoms with E-state index in [1.54, 1.807) is 0 Å². The van der Waals surface area contributed by atoms with Crippen LogP contribution in [-0.4, -0.2) is 34.0 Å². The summed E-state index contributed by atoms with van der Waals surface area (Å²) in [5.74, 6) is 2.87. The number of benzene rings is 2. The molecule has 5 aliphatic rings. The van der Waals surface area contributed by atoms with Gasteiger partial charge in [0.25, 0.3) is 0 Å². The van der Waals surface area contributed by atoms with Crippen molar-refractivity contribution >= 4 is 23.5 Å². The zero-order valence-electron chi connectivity index (χ0n) is 33.0. The minimum absolute atomic E-state index is 0.0419. The molecule has 5 heteroatoms. The average Bonchev–Trinajstić information content (AvgIpc) is 3.67. The summed E-state index contributed by atoms with van der Waals surface area (Å²) in [5.41, 5.74) is 10.4. The number of hydrogen-bond donors (Lipinski definition) is 0. The van der Waals surface area contributed by atoms with Gasteiger partial charge in [0.05, 0.1) is 6.04 Å². The predicted octanol–water partition coefficient (Wildman–Crippen LogP) is 11.1. The highest BCUT2D eigenvalue weighted by atomic mass is 16.5. The number of nitrogens with zero attached hydrogens (tertiary/aromatic N) is 4. The van der Waals surface area contributed by atoms with Crippen LogP contribution in [0.25, 0.3) is 0 Å². The van der Waals surface area contributed by atoms with Crippen molar-refractivity contribution in [2.75, 3.05) is 9.80 Å². The van der Waals surface area contributed by atoms with Crippen LogP contribution in [0, 0.1) is 0 Å². The third-order valence-electron chi connectivity index (χ3n) is 11.4. The molecular weight excluding hydrogens is 649 g/mol. The fraction of sp³-hybridized carbons (Fsp3) is 0.375. The molecule has 8 rings (SSSR count). The molecule has 0 amide bonds. The van der Waals surface area contributed by atoms with Crippen molar-refractivity contribution in [1.82, 2.24) is 4.98 Å². The smallest absolute Gasteiger partial charge is 0.245 e. The zero-order valence-corrected chi connectivity index (χ0v) is 33.0. The van der Waals surface area contributed by atoms with Crippen molar-refractivity contribution in [2.45, 2.75) is 116 Å². The predicted molar refractivity (Wildman–Crippen MR) is 221 cm³/mol. The number of fused-ring (bicyclic) bond motifs is 3. The van der Waals surface area contributed by atoms with E-state index in [-0.39, 0.29) is 34.4 Å². The molecule has 0 fully saturated rings. The molecule has 3 heterocycles. The molecule has 0 spiro atoms. The fourth-order valence-corrected chi connectivity index (χ4v) is 8.28. The van der Waals surface area contributed by atoms with Crippen LogP contribution in [0.3, 0.4) is 0 Å². The quantitative estimate of drug-likeness (QED) is 0.248. The molecule has 3 unspecified atom stereocenters. The lowest BCUT2D eigenvalue weighted by molar-refractivity contribution is -0.458. The largest absolute Gasteiger partial charge is 0.461 e. The second-order valence-electron chi connectivity index (χ2n) is 18.3. The lowest BCUT2D eigenvalue weighted by atomic mass is 9.86. The molecule has 272 valence electrons. The Kier molecular flexibility index (Phi) is 8.55. The van der Waals surface area contributed by atoms with Gasteiger partial charge in [-0.3, -0.25) is 0 Å². The first-order chi connectivity index (χ1) is 25.1. The Morgan fingerprint density at radius 2 is 1.55 bits per heavy atom. The fourth-order valence-electron chi connectivity index (χ4n) is 8.28. The van der Waals surface area contributed by atoms with Gasteiger partial charge < -0.3 is 9.64 Å². The van der Waals surface area contributed by atoms with Crippen LogP contribution in [0.5, 0.6) is 5.75 Å². The average molecular weight is 704 g/mol. The van der Waals surface area contributed by atoms with Crippen LogP contribution in [-0.2, 0) is 16.2 Å². The Bertz CT molecular complexity index is 2170. The molecule has 5 nitrogen and oxygen atoms in total. The summed E-state index contributed by atoms with van der Waals surface area (Å²) in [6.07, 6.45) is 25.3. The summed E-state index contributed by atoms with van der Waals surface area (Å²) < 4.78 is 9.39. The van der Waals surface area contributed by atoms with E-state index in [0.717, 1.165) is 42.3 Å². The molecule has 3 aromatic rings. The van der Waals surface area contributed by atoms with E-state index >= 15 is 0 Å². The number of allylic oxidation sites excluding steroid dienone is 7. The van der Waals surface area contributed by atoms with Gasteiger partial charge >= 0.3 is 0 Å². The van der Waals surface area contributed by atoms with Crippen molar-refractivity contribution in [1.29, 1.82) is 0 Å². The van der Waals surface area contributed by atoms with Crippen molar-refractivity contribution in [3.8, 4) is 5.75 Å². The first kappa shape index (κ1) is 35.1. The SMILES string of the molecule is CC(C)(C)c1cc(OC2=CC=C3C4=C(CCC=C4)N(c4cc(C(C)(C)C)ccn4)C3C2)cc(N2C=[N+](c3cccc(C(C)(C)C)c3)C3C=CC=CC32)c1. The number of rotatable bonds is 5. The van der Waals surface area contributed by atoms with Crippen molar-refractivity contribution in [3.63, 3.8) is 0 Å². The highest BCUT2D eigenvalue weighted by molar-refractivity contribution is 5.82. The summed E-state index contributed by atoms with van der Waals surface area (Å²) in [4.78, 5) is 9.88. The molecular formula is C48H55N4O+. The summed E-state index contributed by atoms with van der Waals surface area (Å²) >= 11 is 0. The van der Waals surface area contributed by atoms with Gasteiger partial charge in [-0.15, -0.1) is 0 Å². The Morgan fingerprint density at radius 1 is 0.792 bits per heavy atom. The first-order valence-electron chi connectivity index (χ1n) is 19.4. The molecule has 0 bridgehead atoms. The molecule has 0 saturated carbocycles. The van der Waals surface area contributed by atoms with E-state index < -0.39 is 0 Å². The highest BCUT2D eigenvalue weighted by Crippen LogP contribution is 2.46. The van der Waals surface area contributed by atoms with Gasteiger partial charge in [-0.1, -0.05) is 105 Å². The molecule has 3 atom stereocenters. The van der Waals surface area contributed by atoms with Crippen molar-refractivity contribution < 1.29 is 9.31 Å². The van der Waals surface area contributed by atoms with E-state index in [9.17, 15) is 0 Å². The maximum absolute atomic E-state index is 6.96. The third kappa shape index (κ3) is 6.64. The lowest BCUT2D eigenvalue weighted by Gasteiger charge is -2.32. The third-order valence-corrected chi connectivity index (χ3v) is 11.4. The van der Waals surface area contributed by atoms with Crippen LogP contribution < -0.4 is 14.5 Å². The Hall–Kier alpha value is -4.90. The normalized spacial score (nSPS) is 22.4. The number of hydrogen-bond acceptors (Lipinski definition) is 4. The second-order valence-corrected chi connectivity index (χ2v) is 18.3. The number of pyridine rings is 1. The van der Waals surface area contributed by atoms with Gasteiger partial charge in [-0.25, -0.2) is 14.5 Å². The molecule has 0 radical (unpaired) electrons. The summed E-state index contributed by atoms with van der Waals surface area (Å²) in [5, 5.41) is 0. The highest BCUT2D eigenvalue weighted by Gasteiger charge is 2.43. The Balaban J connectivity index is 1.15. The first-order valence-corrected chi connectivity index (χ1v) is 19.4. The summed E-state index contributed by atoms with van der Waals surface area (Å²) in [6, 6.07) is 20.8. The van der Waals surface area contributed by atoms with Gasteiger partial charge in [-0.05, 0) is 112 Å². The maximum Gasteiger partial charge on any atom is 0.245 e. The minimum atomic E-state index is -0.0639. The molecule has 2 aromatic carbocycles. The van der Waals surface area contributed by atoms with Crippen LogP contribution in [0.4, 0.5) is 17.2 Å². The van der Waals surface area contributed by atoms with E-state index in [2.05, 4.69) is 186 Å². The molecule has 0 saturated heterocycles. The minimum Gasteiger partial charge on any atom is -0.461 e. The molecule has 1 aromatic heterocycles. The molecule has 3 aliphatic carbocycles. The van der Waals surface area contributed by atoms with Crippen LogP contribution in [0.15, 0.2) is 132 Å². The van der Waals surface area contributed by atoms with Crippen molar-refractivity contribution in [2.24, 2.45) is 0 Å². The number of ether oxygens (including phenoxy) is 1. The summed E-state index contributed by atoms with van der Waals surface area (Å²) in [6.45, 7) is 20.5. The summed E-state index contributed by atoms with van der Waals surface area (Å²) in [7, 11) is 0. The molecule has 2 aliphatic heterocycles. The Labute approximate surface area is 317 Å².